The normalized spacial score (nSPS) is 10.9. The number of amides is 1. The smallest absolute Gasteiger partial charge is 0.335 e. The Kier molecular flexibility index (Phi) is 4.43. The number of nitrogens with one attached hydrogen (secondary N) is 1. The van der Waals surface area contributed by atoms with Crippen molar-refractivity contribution < 1.29 is 19.8 Å². The van der Waals surface area contributed by atoms with Gasteiger partial charge in [0.25, 0.3) is 5.91 Å². The summed E-state index contributed by atoms with van der Waals surface area (Å²) in [6.07, 6.45) is 1.49. The van der Waals surface area contributed by atoms with E-state index in [1.165, 1.54) is 30.5 Å². The first-order valence-electron chi connectivity index (χ1n) is 7.44. The van der Waals surface area contributed by atoms with E-state index in [2.05, 4.69) is 10.5 Å². The van der Waals surface area contributed by atoms with Gasteiger partial charge in [-0.2, -0.15) is 5.10 Å². The van der Waals surface area contributed by atoms with Crippen molar-refractivity contribution in [3.05, 3.63) is 77.4 Å². The lowest BCUT2D eigenvalue weighted by Crippen LogP contribution is -2.17. The zero-order valence-corrected chi connectivity index (χ0v) is 13.0. The summed E-state index contributed by atoms with van der Waals surface area (Å²) in [5, 5.41) is 24.1. The van der Waals surface area contributed by atoms with Crippen LogP contribution >= 0.6 is 0 Å². The minimum absolute atomic E-state index is 0.107. The van der Waals surface area contributed by atoms with E-state index < -0.39 is 11.9 Å². The van der Waals surface area contributed by atoms with Gasteiger partial charge in [0.1, 0.15) is 5.75 Å². The van der Waals surface area contributed by atoms with Crippen molar-refractivity contribution >= 4 is 28.9 Å². The fourth-order valence-corrected chi connectivity index (χ4v) is 2.41. The molecule has 0 fully saturated rings. The van der Waals surface area contributed by atoms with E-state index in [9.17, 15) is 14.7 Å². The zero-order valence-electron chi connectivity index (χ0n) is 13.0. The molecule has 0 bridgehead atoms. The number of carboxylic acid groups (broad SMARTS) is 1. The maximum atomic E-state index is 12.0. The fourth-order valence-electron chi connectivity index (χ4n) is 2.41. The van der Waals surface area contributed by atoms with E-state index in [4.69, 9.17) is 5.11 Å². The van der Waals surface area contributed by atoms with Gasteiger partial charge in [0, 0.05) is 16.5 Å². The average molecular weight is 334 g/mol. The second-order valence-corrected chi connectivity index (χ2v) is 5.30. The van der Waals surface area contributed by atoms with Gasteiger partial charge in [0.05, 0.1) is 11.8 Å². The number of fused-ring (bicyclic) bond motifs is 1. The van der Waals surface area contributed by atoms with Gasteiger partial charge in [0.15, 0.2) is 0 Å². The number of aromatic hydroxyl groups is 1. The molecule has 1 amide bonds. The first kappa shape index (κ1) is 16.2. The lowest BCUT2D eigenvalue weighted by molar-refractivity contribution is 0.0696. The second kappa shape index (κ2) is 6.84. The maximum Gasteiger partial charge on any atom is 0.335 e. The summed E-state index contributed by atoms with van der Waals surface area (Å²) in [7, 11) is 0. The minimum Gasteiger partial charge on any atom is -0.507 e. The van der Waals surface area contributed by atoms with Gasteiger partial charge in [-0.05, 0) is 41.8 Å². The molecule has 0 saturated heterocycles. The monoisotopic (exact) mass is 334 g/mol. The Hall–Kier alpha value is -3.67. The van der Waals surface area contributed by atoms with Crippen LogP contribution in [0.15, 0.2) is 65.8 Å². The SMILES string of the molecule is O=C(O)c1ccc(C(=O)N/N=C/c2ccc(O)c3ccccc23)cc1. The minimum atomic E-state index is -1.05. The number of carbonyl (C=O) groups is 2. The molecule has 25 heavy (non-hydrogen) atoms. The van der Waals surface area contributed by atoms with Crippen molar-refractivity contribution in [1.82, 2.24) is 5.43 Å². The van der Waals surface area contributed by atoms with Gasteiger partial charge in [-0.1, -0.05) is 24.3 Å². The van der Waals surface area contributed by atoms with Crippen LogP contribution in [0.25, 0.3) is 10.8 Å². The van der Waals surface area contributed by atoms with E-state index in [-0.39, 0.29) is 11.3 Å². The lowest BCUT2D eigenvalue weighted by atomic mass is 10.0. The quantitative estimate of drug-likeness (QED) is 0.504. The number of aromatic carboxylic acids is 1. The van der Waals surface area contributed by atoms with Crippen LogP contribution in [0.2, 0.25) is 0 Å². The molecule has 0 aliphatic rings. The zero-order chi connectivity index (χ0) is 17.8. The molecule has 3 aromatic rings. The molecule has 3 rings (SSSR count). The highest BCUT2D eigenvalue weighted by Crippen LogP contribution is 2.26. The second-order valence-electron chi connectivity index (χ2n) is 5.30. The van der Waals surface area contributed by atoms with Crippen molar-refractivity contribution in [3.8, 4) is 5.75 Å². The Morgan fingerprint density at radius 3 is 2.20 bits per heavy atom. The van der Waals surface area contributed by atoms with Crippen LogP contribution in [0.1, 0.15) is 26.3 Å². The first-order valence-corrected chi connectivity index (χ1v) is 7.44. The molecule has 0 saturated carbocycles. The lowest BCUT2D eigenvalue weighted by Gasteiger charge is -2.04. The molecule has 0 atom stereocenters. The molecule has 0 spiro atoms. The number of rotatable bonds is 4. The van der Waals surface area contributed by atoms with Gasteiger partial charge in [0.2, 0.25) is 0 Å². The van der Waals surface area contributed by atoms with E-state index in [0.717, 1.165) is 10.9 Å². The Labute approximate surface area is 143 Å². The number of phenolic OH excluding ortho intramolecular Hbond substituents is 1. The Balaban J connectivity index is 1.76. The molecule has 3 N–H and O–H groups in total. The molecule has 0 aliphatic heterocycles. The number of phenols is 1. The molecule has 6 nitrogen and oxygen atoms in total. The van der Waals surface area contributed by atoms with Crippen LogP contribution in [-0.2, 0) is 0 Å². The fraction of sp³-hybridized carbons (Fsp3) is 0. The van der Waals surface area contributed by atoms with E-state index in [1.807, 2.05) is 18.2 Å². The third-order valence-corrected chi connectivity index (χ3v) is 3.70. The third kappa shape index (κ3) is 3.48. The van der Waals surface area contributed by atoms with Crippen molar-refractivity contribution in [1.29, 1.82) is 0 Å². The maximum absolute atomic E-state index is 12.0. The van der Waals surface area contributed by atoms with E-state index in [0.29, 0.717) is 10.9 Å². The van der Waals surface area contributed by atoms with Gasteiger partial charge >= 0.3 is 5.97 Å². The Morgan fingerprint density at radius 2 is 1.52 bits per heavy atom. The summed E-state index contributed by atoms with van der Waals surface area (Å²) >= 11 is 0. The van der Waals surface area contributed by atoms with Crippen LogP contribution in [0.5, 0.6) is 5.75 Å². The largest absolute Gasteiger partial charge is 0.507 e. The topological polar surface area (TPSA) is 99.0 Å². The van der Waals surface area contributed by atoms with E-state index >= 15 is 0 Å². The molecule has 0 aliphatic carbocycles. The molecule has 6 heteroatoms. The standard InChI is InChI=1S/C19H14N2O4/c22-17-10-9-14(15-3-1-2-4-16(15)17)11-20-21-18(23)12-5-7-13(8-6-12)19(24)25/h1-11,22H,(H,21,23)(H,24,25)/b20-11+. The molecular weight excluding hydrogens is 320 g/mol. The average Bonchev–Trinajstić information content (AvgIpc) is 2.64. The van der Waals surface area contributed by atoms with Crippen LogP contribution in [0.4, 0.5) is 0 Å². The van der Waals surface area contributed by atoms with Crippen LogP contribution in [0, 0.1) is 0 Å². The molecule has 0 unspecified atom stereocenters. The van der Waals surface area contributed by atoms with Gasteiger partial charge < -0.3 is 10.2 Å². The van der Waals surface area contributed by atoms with Crippen molar-refractivity contribution in [2.75, 3.05) is 0 Å². The highest BCUT2D eigenvalue weighted by molar-refractivity contribution is 6.03. The van der Waals surface area contributed by atoms with Crippen molar-refractivity contribution in [2.45, 2.75) is 0 Å². The van der Waals surface area contributed by atoms with Crippen molar-refractivity contribution in [2.24, 2.45) is 5.10 Å². The predicted octanol–water partition coefficient (Wildman–Crippen LogP) is 3.01. The molecule has 0 aromatic heterocycles. The van der Waals surface area contributed by atoms with E-state index in [1.54, 1.807) is 18.2 Å². The number of hydrogen-bond acceptors (Lipinski definition) is 4. The number of hydrogen-bond donors (Lipinski definition) is 3. The summed E-state index contributed by atoms with van der Waals surface area (Å²) in [4.78, 5) is 22.8. The molecule has 3 aromatic carbocycles. The Morgan fingerprint density at radius 1 is 0.880 bits per heavy atom. The van der Waals surface area contributed by atoms with Gasteiger partial charge in [-0.25, -0.2) is 10.2 Å². The highest BCUT2D eigenvalue weighted by Gasteiger charge is 2.07. The van der Waals surface area contributed by atoms with Crippen LogP contribution in [0.3, 0.4) is 0 Å². The first-order chi connectivity index (χ1) is 12.1. The van der Waals surface area contributed by atoms with Gasteiger partial charge in [-0.15, -0.1) is 0 Å². The molecule has 124 valence electrons. The number of carboxylic acids is 1. The number of nitrogens with zero attached hydrogens (tertiary/aromatic N) is 1. The summed E-state index contributed by atoms with van der Waals surface area (Å²) in [5.74, 6) is -1.32. The summed E-state index contributed by atoms with van der Waals surface area (Å²) < 4.78 is 0. The summed E-state index contributed by atoms with van der Waals surface area (Å²) in [6, 6.07) is 16.1. The Bertz CT molecular complexity index is 978. The third-order valence-electron chi connectivity index (χ3n) is 3.70. The number of benzene rings is 3. The predicted molar refractivity (Wildman–Crippen MR) is 94.1 cm³/mol. The molecule has 0 heterocycles. The summed E-state index contributed by atoms with van der Waals surface area (Å²) in [6.45, 7) is 0. The highest BCUT2D eigenvalue weighted by atomic mass is 16.4. The van der Waals surface area contributed by atoms with Gasteiger partial charge in [-0.3, -0.25) is 4.79 Å². The molecule has 0 radical (unpaired) electrons. The number of hydrazone groups is 1. The van der Waals surface area contributed by atoms with Crippen molar-refractivity contribution in [3.63, 3.8) is 0 Å². The van der Waals surface area contributed by atoms with Crippen LogP contribution < -0.4 is 5.43 Å². The summed E-state index contributed by atoms with van der Waals surface area (Å²) in [5.41, 5.74) is 3.55. The number of carbonyl (C=O) groups excluding carboxylic acids is 1. The molecular formula is C19H14N2O4. The van der Waals surface area contributed by atoms with Crippen LogP contribution in [-0.4, -0.2) is 28.3 Å².